The minimum atomic E-state index is -4.40. The number of rotatable bonds is 0. The van der Waals surface area contributed by atoms with E-state index < -0.39 is 11.7 Å². The third kappa shape index (κ3) is 2.18. The van der Waals surface area contributed by atoms with Crippen LogP contribution in [-0.4, -0.2) is 0 Å². The maximum Gasteiger partial charge on any atom is 0.419 e. The van der Waals surface area contributed by atoms with Crippen molar-refractivity contribution in [3.05, 3.63) is 15.3 Å². The highest BCUT2D eigenvalue weighted by Gasteiger charge is 2.34. The van der Waals surface area contributed by atoms with Crippen molar-refractivity contribution >= 4 is 41.0 Å². The smallest absolute Gasteiger partial charge is 0.396 e. The van der Waals surface area contributed by atoms with Crippen LogP contribution in [0.3, 0.4) is 0 Å². The topological polar surface area (TPSA) is 26.0 Å². The first-order valence-corrected chi connectivity index (χ1v) is 3.78. The molecule has 0 unspecified atom stereocenters. The second-order valence-corrected chi connectivity index (χ2v) is 3.32. The van der Waals surface area contributed by atoms with Crippen LogP contribution in [0.15, 0.2) is 5.38 Å². The molecule has 0 saturated carbocycles. The second-order valence-electron chi connectivity index (χ2n) is 1.83. The fourth-order valence-electron chi connectivity index (χ4n) is 0.563. The van der Waals surface area contributed by atoms with Gasteiger partial charge < -0.3 is 5.73 Å². The quantitative estimate of drug-likeness (QED) is 0.736. The van der Waals surface area contributed by atoms with E-state index in [9.17, 15) is 13.2 Å². The van der Waals surface area contributed by atoms with E-state index in [2.05, 4.69) is 0 Å². The van der Waals surface area contributed by atoms with Crippen LogP contribution < -0.4 is 5.73 Å². The summed E-state index contributed by atoms with van der Waals surface area (Å²) in [6, 6.07) is 0. The molecule has 0 spiro atoms. The highest BCUT2D eigenvalue weighted by atomic mass is 35.5. The highest BCUT2D eigenvalue weighted by Crippen LogP contribution is 2.40. The predicted octanol–water partition coefficient (Wildman–Crippen LogP) is 3.42. The maximum atomic E-state index is 11.9. The molecule has 0 aromatic carbocycles. The molecule has 0 amide bonds. The Labute approximate surface area is 81.7 Å². The van der Waals surface area contributed by atoms with E-state index in [1.807, 2.05) is 0 Å². The van der Waals surface area contributed by atoms with Crippen LogP contribution in [0, 0.1) is 0 Å². The number of hydrogen-bond acceptors (Lipinski definition) is 2. The molecule has 0 fully saturated rings. The van der Waals surface area contributed by atoms with Gasteiger partial charge in [0.1, 0.15) is 4.34 Å². The standard InChI is InChI=1S/C5H3ClF3NS.ClH/c6-4-3(10)2(1-11-4)5(7,8)9;/h1H,10H2;1H. The van der Waals surface area contributed by atoms with Crippen molar-refractivity contribution in [3.63, 3.8) is 0 Å². The molecule has 0 aliphatic carbocycles. The molecule has 0 aliphatic rings. The molecule has 0 radical (unpaired) electrons. The summed E-state index contributed by atoms with van der Waals surface area (Å²) in [5.41, 5.74) is 3.81. The van der Waals surface area contributed by atoms with Gasteiger partial charge in [-0.15, -0.1) is 23.7 Å². The number of nitrogens with two attached hydrogens (primary N) is 1. The second kappa shape index (κ2) is 3.72. The summed E-state index contributed by atoms with van der Waals surface area (Å²) in [7, 11) is 0. The highest BCUT2D eigenvalue weighted by molar-refractivity contribution is 7.15. The number of halogens is 5. The van der Waals surface area contributed by atoms with E-state index in [0.29, 0.717) is 0 Å². The first-order chi connectivity index (χ1) is 4.93. The lowest BCUT2D eigenvalue weighted by Crippen LogP contribution is -2.06. The summed E-state index contributed by atoms with van der Waals surface area (Å²) in [4.78, 5) is 0. The molecular weight excluding hydrogens is 234 g/mol. The van der Waals surface area contributed by atoms with Gasteiger partial charge in [-0.25, -0.2) is 0 Å². The molecule has 0 bridgehead atoms. The number of hydrogen-bond donors (Lipinski definition) is 1. The molecule has 1 rings (SSSR count). The summed E-state index contributed by atoms with van der Waals surface area (Å²) in [5, 5.41) is 0.900. The van der Waals surface area contributed by atoms with E-state index in [1.54, 1.807) is 0 Å². The molecule has 1 nitrogen and oxygen atoms in total. The largest absolute Gasteiger partial charge is 0.419 e. The average molecular weight is 238 g/mol. The molecule has 1 aromatic heterocycles. The molecule has 12 heavy (non-hydrogen) atoms. The van der Waals surface area contributed by atoms with Crippen molar-refractivity contribution < 1.29 is 13.2 Å². The van der Waals surface area contributed by atoms with E-state index in [1.165, 1.54) is 0 Å². The zero-order valence-electron chi connectivity index (χ0n) is 5.48. The fraction of sp³-hybridized carbons (Fsp3) is 0.200. The lowest BCUT2D eigenvalue weighted by Gasteiger charge is -2.03. The van der Waals surface area contributed by atoms with Crippen molar-refractivity contribution in [2.75, 3.05) is 5.73 Å². The van der Waals surface area contributed by atoms with Crippen molar-refractivity contribution in [1.29, 1.82) is 0 Å². The summed E-state index contributed by atoms with van der Waals surface area (Å²) < 4.78 is 35.8. The third-order valence-corrected chi connectivity index (χ3v) is 2.34. The molecule has 7 heteroatoms. The van der Waals surface area contributed by atoms with E-state index in [-0.39, 0.29) is 22.4 Å². The third-order valence-electron chi connectivity index (χ3n) is 1.09. The van der Waals surface area contributed by atoms with Gasteiger partial charge in [0.05, 0.1) is 11.3 Å². The van der Waals surface area contributed by atoms with Gasteiger partial charge in [0.15, 0.2) is 0 Å². The number of anilines is 1. The number of thiophene rings is 1. The van der Waals surface area contributed by atoms with Crippen LogP contribution in [0.1, 0.15) is 5.56 Å². The lowest BCUT2D eigenvalue weighted by atomic mass is 10.3. The summed E-state index contributed by atoms with van der Waals surface area (Å²) in [5.74, 6) is 0. The average Bonchev–Trinajstić information content (AvgIpc) is 2.11. The van der Waals surface area contributed by atoms with Crippen molar-refractivity contribution in [1.82, 2.24) is 0 Å². The molecule has 70 valence electrons. The Morgan fingerprint density at radius 3 is 2.08 bits per heavy atom. The Morgan fingerprint density at radius 2 is 1.92 bits per heavy atom. The zero-order valence-corrected chi connectivity index (χ0v) is 7.87. The molecule has 0 aliphatic heterocycles. The van der Waals surface area contributed by atoms with Gasteiger partial charge in [-0.2, -0.15) is 13.2 Å². The number of nitrogen functional groups attached to an aromatic ring is 1. The van der Waals surface area contributed by atoms with Gasteiger partial charge in [-0.05, 0) is 0 Å². The molecular formula is C5H4Cl2F3NS. The first-order valence-electron chi connectivity index (χ1n) is 2.52. The van der Waals surface area contributed by atoms with Crippen LogP contribution in [0.2, 0.25) is 4.34 Å². The molecule has 2 N–H and O–H groups in total. The van der Waals surface area contributed by atoms with Gasteiger partial charge in [0.25, 0.3) is 0 Å². The van der Waals surface area contributed by atoms with Gasteiger partial charge >= 0.3 is 6.18 Å². The Hall–Kier alpha value is -0.130. The molecule has 1 aromatic rings. The summed E-state index contributed by atoms with van der Waals surface area (Å²) in [6.45, 7) is 0. The Kier molecular flexibility index (Phi) is 3.68. The Bertz CT molecular complexity index is 270. The first kappa shape index (κ1) is 11.9. The van der Waals surface area contributed by atoms with E-state index in [4.69, 9.17) is 17.3 Å². The van der Waals surface area contributed by atoms with Crippen LogP contribution in [0.5, 0.6) is 0 Å². The Morgan fingerprint density at radius 1 is 1.42 bits per heavy atom. The summed E-state index contributed by atoms with van der Waals surface area (Å²) >= 11 is 6.11. The fourth-order valence-corrected chi connectivity index (χ4v) is 1.52. The van der Waals surface area contributed by atoms with Gasteiger partial charge in [-0.3, -0.25) is 0 Å². The molecule has 1 heterocycles. The van der Waals surface area contributed by atoms with E-state index >= 15 is 0 Å². The van der Waals surface area contributed by atoms with Crippen LogP contribution >= 0.6 is 35.3 Å². The number of alkyl halides is 3. The van der Waals surface area contributed by atoms with Gasteiger partial charge in [0.2, 0.25) is 0 Å². The van der Waals surface area contributed by atoms with Crippen molar-refractivity contribution in [2.24, 2.45) is 0 Å². The normalized spacial score (nSPS) is 11.0. The van der Waals surface area contributed by atoms with Crippen LogP contribution in [0.25, 0.3) is 0 Å². The zero-order chi connectivity index (χ0) is 8.65. The molecule has 0 saturated heterocycles. The van der Waals surface area contributed by atoms with Crippen molar-refractivity contribution in [2.45, 2.75) is 6.18 Å². The predicted molar refractivity (Wildman–Crippen MR) is 46.0 cm³/mol. The lowest BCUT2D eigenvalue weighted by molar-refractivity contribution is -0.136. The van der Waals surface area contributed by atoms with Gasteiger partial charge in [-0.1, -0.05) is 11.6 Å². The van der Waals surface area contributed by atoms with Crippen molar-refractivity contribution in [3.8, 4) is 0 Å². The monoisotopic (exact) mass is 237 g/mol. The minimum absolute atomic E-state index is 0. The summed E-state index contributed by atoms with van der Waals surface area (Å²) in [6.07, 6.45) is -4.40. The van der Waals surface area contributed by atoms with Crippen LogP contribution in [0.4, 0.5) is 18.9 Å². The van der Waals surface area contributed by atoms with Gasteiger partial charge in [0, 0.05) is 5.38 Å². The maximum absolute atomic E-state index is 11.9. The molecule has 0 atom stereocenters. The van der Waals surface area contributed by atoms with Crippen LogP contribution in [-0.2, 0) is 6.18 Å². The SMILES string of the molecule is Cl.Nc1c(C(F)(F)F)csc1Cl. The van der Waals surface area contributed by atoms with E-state index in [0.717, 1.165) is 16.7 Å². The Balaban J connectivity index is 0.00000121. The minimum Gasteiger partial charge on any atom is -0.396 e.